The first-order valence-electron chi connectivity index (χ1n) is 2.32. The molecule has 2 nitrogen and oxygen atoms in total. The summed E-state index contributed by atoms with van der Waals surface area (Å²) in [5, 5.41) is 7.46. The number of aliphatic imine (C=N–C) groups is 1. The van der Waals surface area contributed by atoms with Gasteiger partial charge >= 0.3 is 0 Å². The lowest BCUT2D eigenvalue weighted by molar-refractivity contribution is 1.36. The first-order valence-corrected chi connectivity index (χ1v) is 2.69. The molecule has 0 amide bonds. The number of rotatable bonds is 2. The predicted molar refractivity (Wildman–Crippen MR) is 37.2 cm³/mol. The quantitative estimate of drug-likeness (QED) is 0.555. The number of nitrogens with zero attached hydrogens (tertiary/aromatic N) is 1. The van der Waals surface area contributed by atoms with Gasteiger partial charge in [-0.1, -0.05) is 11.6 Å². The highest BCUT2D eigenvalue weighted by atomic mass is 35.5. The maximum Gasteiger partial charge on any atom is 0.105 e. The summed E-state index contributed by atoms with van der Waals surface area (Å²) in [5.74, 6) is 0. The lowest BCUT2D eigenvalue weighted by Crippen LogP contribution is -1.95. The van der Waals surface area contributed by atoms with Gasteiger partial charge in [-0.3, -0.25) is 4.99 Å². The fourth-order valence-corrected chi connectivity index (χ4v) is 0.498. The van der Waals surface area contributed by atoms with Crippen LogP contribution < -0.4 is 0 Å². The molecule has 0 aliphatic heterocycles. The van der Waals surface area contributed by atoms with Crippen molar-refractivity contribution in [1.29, 1.82) is 5.41 Å². The third kappa shape index (κ3) is 3.81. The Morgan fingerprint density at radius 2 is 2.25 bits per heavy atom. The maximum atomic E-state index is 6.96. The summed E-state index contributed by atoms with van der Waals surface area (Å²) in [6.45, 7) is 1.70. The average molecular weight is 133 g/mol. The van der Waals surface area contributed by atoms with Crippen molar-refractivity contribution in [3.63, 3.8) is 0 Å². The molecule has 0 bridgehead atoms. The van der Waals surface area contributed by atoms with Gasteiger partial charge in [-0.2, -0.15) is 0 Å². The summed E-state index contributed by atoms with van der Waals surface area (Å²) in [5.41, 5.74) is 0.542. The monoisotopic (exact) mass is 132 g/mol. The highest BCUT2D eigenvalue weighted by Gasteiger charge is 1.91. The molecule has 8 heavy (non-hydrogen) atoms. The van der Waals surface area contributed by atoms with Crippen LogP contribution in [0.1, 0.15) is 13.3 Å². The molecule has 0 spiro atoms. The Bertz CT molecular complexity index is 118. The highest BCUT2D eigenvalue weighted by molar-refractivity contribution is 6.66. The van der Waals surface area contributed by atoms with Crippen molar-refractivity contribution in [2.75, 3.05) is 7.05 Å². The SMILES string of the molecule is CN=C(Cl)CC(C)=N. The van der Waals surface area contributed by atoms with Gasteiger partial charge in [-0.15, -0.1) is 0 Å². The Morgan fingerprint density at radius 3 is 2.38 bits per heavy atom. The van der Waals surface area contributed by atoms with Gasteiger partial charge in [-0.25, -0.2) is 0 Å². The second-order valence-electron chi connectivity index (χ2n) is 1.56. The molecule has 0 aliphatic rings. The first kappa shape index (κ1) is 7.63. The van der Waals surface area contributed by atoms with E-state index in [4.69, 9.17) is 17.0 Å². The van der Waals surface area contributed by atoms with Crippen LogP contribution in [0.4, 0.5) is 0 Å². The minimum absolute atomic E-state index is 0.484. The van der Waals surface area contributed by atoms with Crippen LogP contribution in [0.2, 0.25) is 0 Å². The van der Waals surface area contributed by atoms with Gasteiger partial charge < -0.3 is 5.41 Å². The standard InChI is InChI=1S/C5H9ClN2/c1-4(7)3-5(6)8-2/h7H,3H2,1-2H3. The Balaban J connectivity index is 3.56. The van der Waals surface area contributed by atoms with Crippen LogP contribution in [0.25, 0.3) is 0 Å². The van der Waals surface area contributed by atoms with E-state index in [9.17, 15) is 0 Å². The van der Waals surface area contributed by atoms with Gasteiger partial charge in [0.1, 0.15) is 5.17 Å². The molecule has 46 valence electrons. The Morgan fingerprint density at radius 1 is 1.75 bits per heavy atom. The summed E-state index contributed by atoms with van der Waals surface area (Å²) in [6.07, 6.45) is 0.484. The van der Waals surface area contributed by atoms with E-state index in [2.05, 4.69) is 4.99 Å². The van der Waals surface area contributed by atoms with E-state index < -0.39 is 0 Å². The van der Waals surface area contributed by atoms with Crippen LogP contribution in [0, 0.1) is 5.41 Å². The molecule has 1 N–H and O–H groups in total. The van der Waals surface area contributed by atoms with Crippen LogP contribution in [-0.4, -0.2) is 17.9 Å². The summed E-state index contributed by atoms with van der Waals surface area (Å²) in [6, 6.07) is 0. The van der Waals surface area contributed by atoms with E-state index in [1.165, 1.54) is 0 Å². The fraction of sp³-hybridized carbons (Fsp3) is 0.600. The zero-order chi connectivity index (χ0) is 6.57. The lowest BCUT2D eigenvalue weighted by atomic mass is 10.3. The van der Waals surface area contributed by atoms with Gasteiger partial charge in [-0.05, 0) is 6.92 Å². The predicted octanol–water partition coefficient (Wildman–Crippen LogP) is 1.68. The zero-order valence-electron chi connectivity index (χ0n) is 5.03. The summed E-state index contributed by atoms with van der Waals surface area (Å²) >= 11 is 5.47. The van der Waals surface area contributed by atoms with Crippen molar-refractivity contribution >= 4 is 22.5 Å². The minimum atomic E-state index is 0.484. The van der Waals surface area contributed by atoms with E-state index in [0.29, 0.717) is 17.3 Å². The van der Waals surface area contributed by atoms with Crippen LogP contribution >= 0.6 is 11.6 Å². The molecule has 3 heteroatoms. The van der Waals surface area contributed by atoms with Crippen molar-refractivity contribution in [3.8, 4) is 0 Å². The van der Waals surface area contributed by atoms with Crippen molar-refractivity contribution in [3.05, 3.63) is 0 Å². The third-order valence-electron chi connectivity index (χ3n) is 0.654. The zero-order valence-corrected chi connectivity index (χ0v) is 5.79. The maximum absolute atomic E-state index is 6.96. The van der Waals surface area contributed by atoms with Gasteiger partial charge in [0.2, 0.25) is 0 Å². The van der Waals surface area contributed by atoms with Gasteiger partial charge in [0, 0.05) is 19.2 Å². The molecule has 0 saturated carbocycles. The summed E-state index contributed by atoms with van der Waals surface area (Å²) in [7, 11) is 1.62. The van der Waals surface area contributed by atoms with Crippen LogP contribution in [0.15, 0.2) is 4.99 Å². The van der Waals surface area contributed by atoms with Crippen LogP contribution in [0.3, 0.4) is 0 Å². The molecular weight excluding hydrogens is 124 g/mol. The van der Waals surface area contributed by atoms with Crippen LogP contribution in [0.5, 0.6) is 0 Å². The molecule has 0 heterocycles. The second kappa shape index (κ2) is 3.61. The molecule has 0 unspecified atom stereocenters. The largest absolute Gasteiger partial charge is 0.310 e. The number of nitrogens with one attached hydrogen (secondary N) is 1. The Hall–Kier alpha value is -0.370. The van der Waals surface area contributed by atoms with Crippen LogP contribution in [-0.2, 0) is 0 Å². The smallest absolute Gasteiger partial charge is 0.105 e. The topological polar surface area (TPSA) is 36.2 Å². The van der Waals surface area contributed by atoms with E-state index >= 15 is 0 Å². The molecule has 0 rings (SSSR count). The van der Waals surface area contributed by atoms with E-state index in [0.717, 1.165) is 0 Å². The van der Waals surface area contributed by atoms with E-state index in [-0.39, 0.29) is 0 Å². The van der Waals surface area contributed by atoms with Crippen molar-refractivity contribution in [2.24, 2.45) is 4.99 Å². The Labute approximate surface area is 54.1 Å². The molecular formula is C5H9ClN2. The van der Waals surface area contributed by atoms with E-state index in [1.807, 2.05) is 0 Å². The average Bonchev–Trinajstić information content (AvgIpc) is 1.65. The van der Waals surface area contributed by atoms with Gasteiger partial charge in [0.05, 0.1) is 0 Å². The molecule has 0 saturated heterocycles. The molecule has 0 aliphatic carbocycles. The third-order valence-corrected chi connectivity index (χ3v) is 0.956. The number of hydrogen-bond donors (Lipinski definition) is 1. The fourth-order valence-electron chi connectivity index (χ4n) is 0.298. The van der Waals surface area contributed by atoms with Crippen molar-refractivity contribution < 1.29 is 0 Å². The molecule has 0 radical (unpaired) electrons. The lowest BCUT2D eigenvalue weighted by Gasteiger charge is -1.90. The normalized spacial score (nSPS) is 11.6. The Kier molecular flexibility index (Phi) is 3.44. The number of hydrogen-bond acceptors (Lipinski definition) is 2. The molecule has 0 aromatic heterocycles. The summed E-state index contributed by atoms with van der Waals surface area (Å²) < 4.78 is 0. The van der Waals surface area contributed by atoms with Crippen molar-refractivity contribution in [2.45, 2.75) is 13.3 Å². The van der Waals surface area contributed by atoms with Gasteiger partial charge in [0.25, 0.3) is 0 Å². The molecule has 0 fully saturated rings. The molecule has 0 atom stereocenters. The highest BCUT2D eigenvalue weighted by Crippen LogP contribution is 1.92. The van der Waals surface area contributed by atoms with Crippen molar-refractivity contribution in [1.82, 2.24) is 0 Å². The van der Waals surface area contributed by atoms with E-state index in [1.54, 1.807) is 14.0 Å². The molecule has 0 aromatic rings. The molecule has 0 aromatic carbocycles. The first-order chi connectivity index (χ1) is 3.66. The number of halogens is 1. The van der Waals surface area contributed by atoms with Gasteiger partial charge in [0.15, 0.2) is 0 Å². The minimum Gasteiger partial charge on any atom is -0.310 e. The second-order valence-corrected chi connectivity index (χ2v) is 1.99. The summed E-state index contributed by atoms with van der Waals surface area (Å²) in [4.78, 5) is 3.67.